The van der Waals surface area contributed by atoms with Gasteiger partial charge < -0.3 is 9.47 Å². The highest BCUT2D eigenvalue weighted by atomic mass is 32.2. The van der Waals surface area contributed by atoms with E-state index in [1.807, 2.05) is 42.5 Å². The third-order valence-corrected chi connectivity index (χ3v) is 7.44. The quantitative estimate of drug-likeness (QED) is 0.330. The molecule has 0 radical (unpaired) electrons. The fourth-order valence-electron chi connectivity index (χ4n) is 3.22. The number of hydrogen-bond acceptors (Lipinski definition) is 6. The lowest BCUT2D eigenvalue weighted by Crippen LogP contribution is -2.06. The van der Waals surface area contributed by atoms with Crippen LogP contribution in [0.25, 0.3) is 10.1 Å². The van der Waals surface area contributed by atoms with Gasteiger partial charge in [0.15, 0.2) is 0 Å². The molecule has 0 N–H and O–H groups in total. The van der Waals surface area contributed by atoms with Gasteiger partial charge in [0, 0.05) is 15.0 Å². The maximum Gasteiger partial charge on any atom is 0.349 e. The standard InChI is InChI=1S/C25H19NO4S2/c1-2-29-25(27)23-24(32(28)20-9-4-3-5-10-20)21-12-11-19(14-22(21)31-23)30-16-18-8-6-7-17(13-18)15-26/h3-14H,2,16H2,1H3. The third kappa shape index (κ3) is 4.57. The molecule has 0 aliphatic carbocycles. The molecule has 0 saturated heterocycles. The van der Waals surface area contributed by atoms with Crippen LogP contribution in [-0.4, -0.2) is 16.8 Å². The maximum absolute atomic E-state index is 13.4. The first-order valence-electron chi connectivity index (χ1n) is 9.93. The number of rotatable bonds is 7. The fourth-order valence-corrected chi connectivity index (χ4v) is 5.92. The molecule has 4 aromatic rings. The van der Waals surface area contributed by atoms with Crippen LogP contribution in [0.4, 0.5) is 0 Å². The molecule has 5 nitrogen and oxygen atoms in total. The van der Waals surface area contributed by atoms with Crippen LogP contribution in [0.3, 0.4) is 0 Å². The summed E-state index contributed by atoms with van der Waals surface area (Å²) in [4.78, 5) is 14.0. The number of ether oxygens (including phenoxy) is 2. The zero-order valence-corrected chi connectivity index (χ0v) is 18.9. The van der Waals surface area contributed by atoms with Gasteiger partial charge in [0.1, 0.15) is 17.2 Å². The van der Waals surface area contributed by atoms with E-state index in [1.165, 1.54) is 11.3 Å². The van der Waals surface area contributed by atoms with Crippen LogP contribution < -0.4 is 4.74 Å². The summed E-state index contributed by atoms with van der Waals surface area (Å²) < 4.78 is 25.3. The molecular weight excluding hydrogens is 442 g/mol. The molecule has 0 saturated carbocycles. The lowest BCUT2D eigenvalue weighted by Gasteiger charge is -2.07. The Labute approximate surface area is 192 Å². The summed E-state index contributed by atoms with van der Waals surface area (Å²) in [6.45, 7) is 2.28. The van der Waals surface area contributed by atoms with Gasteiger partial charge >= 0.3 is 5.97 Å². The van der Waals surface area contributed by atoms with Crippen LogP contribution in [-0.2, 0) is 22.1 Å². The van der Waals surface area contributed by atoms with E-state index in [2.05, 4.69) is 6.07 Å². The largest absolute Gasteiger partial charge is 0.489 e. The topological polar surface area (TPSA) is 76.4 Å². The van der Waals surface area contributed by atoms with E-state index in [0.717, 1.165) is 15.6 Å². The van der Waals surface area contributed by atoms with Crippen LogP contribution in [0, 0.1) is 11.3 Å². The Bertz CT molecular complexity index is 1340. The Kier molecular flexibility index (Phi) is 6.64. The number of carbonyl (C=O) groups excluding carboxylic acids is 1. The molecule has 1 heterocycles. The Hall–Kier alpha value is -3.47. The van der Waals surface area contributed by atoms with E-state index in [0.29, 0.717) is 32.6 Å². The highest BCUT2D eigenvalue weighted by Crippen LogP contribution is 2.38. The number of nitrogens with zero attached hydrogens (tertiary/aromatic N) is 1. The van der Waals surface area contributed by atoms with Crippen LogP contribution in [0.15, 0.2) is 82.6 Å². The summed E-state index contributed by atoms with van der Waals surface area (Å²) in [5.74, 6) is 0.136. The van der Waals surface area contributed by atoms with Crippen LogP contribution in [0.5, 0.6) is 5.75 Å². The molecule has 0 fully saturated rings. The van der Waals surface area contributed by atoms with Gasteiger partial charge in [-0.05, 0) is 55.0 Å². The first kappa shape index (κ1) is 21.8. The second-order valence-corrected chi connectivity index (χ2v) is 9.29. The van der Waals surface area contributed by atoms with Gasteiger partial charge in [0.2, 0.25) is 0 Å². The lowest BCUT2D eigenvalue weighted by atomic mass is 10.1. The summed E-state index contributed by atoms with van der Waals surface area (Å²) in [6.07, 6.45) is 0. The normalized spacial score (nSPS) is 11.6. The van der Waals surface area contributed by atoms with E-state index in [4.69, 9.17) is 14.7 Å². The Balaban J connectivity index is 1.69. The molecule has 0 bridgehead atoms. The highest BCUT2D eigenvalue weighted by molar-refractivity contribution is 7.85. The smallest absolute Gasteiger partial charge is 0.349 e. The van der Waals surface area contributed by atoms with Crippen molar-refractivity contribution in [3.05, 3.63) is 88.8 Å². The van der Waals surface area contributed by atoms with E-state index < -0.39 is 16.8 Å². The first-order chi connectivity index (χ1) is 15.6. The number of benzene rings is 3. The molecule has 32 heavy (non-hydrogen) atoms. The van der Waals surface area contributed by atoms with Crippen molar-refractivity contribution in [3.63, 3.8) is 0 Å². The van der Waals surface area contributed by atoms with Crippen LogP contribution in [0.1, 0.15) is 27.7 Å². The monoisotopic (exact) mass is 461 g/mol. The zero-order valence-electron chi connectivity index (χ0n) is 17.2. The second-order valence-electron chi connectivity index (χ2n) is 6.82. The molecule has 160 valence electrons. The number of esters is 1. The average Bonchev–Trinajstić information content (AvgIpc) is 3.22. The van der Waals surface area contributed by atoms with Crippen molar-refractivity contribution in [2.75, 3.05) is 6.61 Å². The molecular formula is C25H19NO4S2. The molecule has 1 unspecified atom stereocenters. The van der Waals surface area contributed by atoms with Crippen molar-refractivity contribution in [1.82, 2.24) is 0 Å². The lowest BCUT2D eigenvalue weighted by molar-refractivity contribution is 0.0528. The Morgan fingerprint density at radius 2 is 1.88 bits per heavy atom. The summed E-state index contributed by atoms with van der Waals surface area (Å²) in [6, 6.07) is 23.9. The predicted molar refractivity (Wildman–Crippen MR) is 124 cm³/mol. The highest BCUT2D eigenvalue weighted by Gasteiger charge is 2.25. The predicted octanol–water partition coefficient (Wildman–Crippen LogP) is 5.70. The Morgan fingerprint density at radius 1 is 1.06 bits per heavy atom. The van der Waals surface area contributed by atoms with Crippen molar-refractivity contribution in [2.45, 2.75) is 23.3 Å². The molecule has 0 aliphatic heterocycles. The molecule has 7 heteroatoms. The zero-order chi connectivity index (χ0) is 22.5. The van der Waals surface area contributed by atoms with Gasteiger partial charge in [-0.25, -0.2) is 9.00 Å². The molecule has 0 aliphatic rings. The van der Waals surface area contributed by atoms with Crippen LogP contribution >= 0.6 is 11.3 Å². The molecule has 0 spiro atoms. The van der Waals surface area contributed by atoms with Gasteiger partial charge in [-0.15, -0.1) is 11.3 Å². The van der Waals surface area contributed by atoms with Gasteiger partial charge in [-0.1, -0.05) is 30.3 Å². The minimum absolute atomic E-state index is 0.237. The minimum Gasteiger partial charge on any atom is -0.489 e. The molecule has 1 atom stereocenters. The van der Waals surface area contributed by atoms with Crippen molar-refractivity contribution < 1.29 is 18.5 Å². The number of fused-ring (bicyclic) bond motifs is 1. The number of carbonyl (C=O) groups is 1. The van der Waals surface area contributed by atoms with Gasteiger partial charge in [-0.3, -0.25) is 0 Å². The summed E-state index contributed by atoms with van der Waals surface area (Å²) in [5.41, 5.74) is 1.46. The number of thiophene rings is 1. The van der Waals surface area contributed by atoms with Crippen molar-refractivity contribution >= 4 is 38.2 Å². The molecule has 4 rings (SSSR count). The average molecular weight is 462 g/mol. The SMILES string of the molecule is CCOC(=O)c1sc2cc(OCc3cccc(C#N)c3)ccc2c1S(=O)c1ccccc1. The second kappa shape index (κ2) is 9.77. The molecule has 0 amide bonds. The van der Waals surface area contributed by atoms with E-state index >= 15 is 0 Å². The summed E-state index contributed by atoms with van der Waals surface area (Å²) in [7, 11) is -1.53. The maximum atomic E-state index is 13.4. The minimum atomic E-state index is -1.53. The van der Waals surface area contributed by atoms with Crippen molar-refractivity contribution in [1.29, 1.82) is 5.26 Å². The van der Waals surface area contributed by atoms with E-state index in [-0.39, 0.29) is 6.61 Å². The van der Waals surface area contributed by atoms with E-state index in [9.17, 15) is 9.00 Å². The summed E-state index contributed by atoms with van der Waals surface area (Å²) >= 11 is 1.25. The Morgan fingerprint density at radius 3 is 2.62 bits per heavy atom. The first-order valence-corrected chi connectivity index (χ1v) is 11.9. The van der Waals surface area contributed by atoms with Crippen LogP contribution in [0.2, 0.25) is 0 Å². The van der Waals surface area contributed by atoms with Crippen molar-refractivity contribution in [2.24, 2.45) is 0 Å². The number of nitriles is 1. The van der Waals surface area contributed by atoms with Gasteiger partial charge in [0.25, 0.3) is 0 Å². The van der Waals surface area contributed by atoms with Crippen molar-refractivity contribution in [3.8, 4) is 11.8 Å². The molecule has 3 aromatic carbocycles. The van der Waals surface area contributed by atoms with Gasteiger partial charge in [0.05, 0.1) is 33.9 Å². The van der Waals surface area contributed by atoms with Gasteiger partial charge in [-0.2, -0.15) is 5.26 Å². The fraction of sp³-hybridized carbons (Fsp3) is 0.120. The third-order valence-electron chi connectivity index (χ3n) is 4.68. The molecule has 1 aromatic heterocycles. The summed E-state index contributed by atoms with van der Waals surface area (Å²) in [5, 5.41) is 9.79. The number of hydrogen-bond donors (Lipinski definition) is 0. The van der Waals surface area contributed by atoms with E-state index in [1.54, 1.807) is 37.3 Å².